The fraction of sp³-hybridized carbons (Fsp3) is 0.312. The van der Waals surface area contributed by atoms with Crippen LogP contribution in [0.25, 0.3) is 11.3 Å². The Labute approximate surface area is 158 Å². The molecule has 2 aromatic rings. The van der Waals surface area contributed by atoms with Crippen LogP contribution < -0.4 is 10.3 Å². The van der Waals surface area contributed by atoms with Crippen LogP contribution in [-0.2, 0) is 44.0 Å². The Bertz CT molecular complexity index is 659. The van der Waals surface area contributed by atoms with Crippen molar-refractivity contribution in [2.24, 2.45) is 0 Å². The fourth-order valence-corrected chi connectivity index (χ4v) is 1.98. The zero-order valence-corrected chi connectivity index (χ0v) is 15.5. The molecule has 0 bridgehead atoms. The van der Waals surface area contributed by atoms with Gasteiger partial charge in [0.1, 0.15) is 12.4 Å². The van der Waals surface area contributed by atoms with E-state index in [4.69, 9.17) is 9.47 Å². The van der Waals surface area contributed by atoms with Crippen LogP contribution in [0.4, 0.5) is 8.78 Å². The summed E-state index contributed by atoms with van der Waals surface area (Å²) in [5, 5.41) is 0. The quantitative estimate of drug-likeness (QED) is 0.533. The summed E-state index contributed by atoms with van der Waals surface area (Å²) in [6, 6.07) is 12.3. The molecule has 1 heterocycles. The molecular weight excluding hydrogens is 381 g/mol. The van der Waals surface area contributed by atoms with Gasteiger partial charge in [-0.05, 0) is 12.1 Å². The molecule has 0 N–H and O–H groups in total. The number of benzene rings is 1. The molecule has 0 aliphatic heterocycles. The van der Waals surface area contributed by atoms with Gasteiger partial charge >= 0.3 is 0 Å². The number of alkyl halides is 2. The van der Waals surface area contributed by atoms with Crippen LogP contribution in [0.15, 0.2) is 41.2 Å². The summed E-state index contributed by atoms with van der Waals surface area (Å²) in [4.78, 5) is 11.8. The summed E-state index contributed by atoms with van der Waals surface area (Å²) in [6.07, 6.45) is -2.61. The van der Waals surface area contributed by atoms with Gasteiger partial charge in [0.05, 0.1) is 13.2 Å². The van der Waals surface area contributed by atoms with E-state index in [1.54, 1.807) is 31.4 Å². The Morgan fingerprint density at radius 1 is 1.17 bits per heavy atom. The van der Waals surface area contributed by atoms with Crippen LogP contribution in [0.5, 0.6) is 5.75 Å². The van der Waals surface area contributed by atoms with Crippen molar-refractivity contribution in [2.75, 3.05) is 20.3 Å². The molecule has 7 heteroatoms. The van der Waals surface area contributed by atoms with Crippen LogP contribution in [0, 0.1) is 6.07 Å². The first-order valence-electron chi connectivity index (χ1n) is 6.73. The van der Waals surface area contributed by atoms with Gasteiger partial charge in [-0.15, -0.1) is 12.1 Å². The molecule has 0 aliphatic rings. The second kappa shape index (κ2) is 9.90. The first-order valence-corrected chi connectivity index (χ1v) is 6.73. The van der Waals surface area contributed by atoms with Crippen LogP contribution >= 0.6 is 0 Å². The largest absolute Gasteiger partial charge is 0.491 e. The number of ether oxygens (including phenoxy) is 2. The van der Waals surface area contributed by atoms with Crippen molar-refractivity contribution in [3.63, 3.8) is 0 Å². The van der Waals surface area contributed by atoms with Gasteiger partial charge in [0.25, 0.3) is 6.43 Å². The van der Waals surface area contributed by atoms with Crippen molar-refractivity contribution >= 4 is 0 Å². The number of rotatable bonds is 7. The van der Waals surface area contributed by atoms with Crippen LogP contribution in [-0.4, -0.2) is 31.3 Å². The first-order chi connectivity index (χ1) is 10.6. The Balaban J connectivity index is 0.00000264. The number of hydrogen-bond acceptors (Lipinski definition) is 3. The fourth-order valence-electron chi connectivity index (χ4n) is 1.98. The smallest absolute Gasteiger partial charge is 0.256 e. The maximum atomic E-state index is 12.6. The summed E-state index contributed by atoms with van der Waals surface area (Å²) in [7, 11) is 1.58. The van der Waals surface area contributed by atoms with E-state index in [1.807, 2.05) is 0 Å². The van der Waals surface area contributed by atoms with E-state index < -0.39 is 18.5 Å². The topological polar surface area (TPSA) is 40.5 Å². The van der Waals surface area contributed by atoms with Crippen molar-refractivity contribution in [1.82, 2.24) is 4.57 Å². The molecular formula is C16H16F2NO3Y-. The maximum Gasteiger partial charge on any atom is 0.256 e. The molecule has 1 aromatic heterocycles. The molecule has 0 amide bonds. The number of aromatic nitrogens is 1. The summed E-state index contributed by atoms with van der Waals surface area (Å²) in [5.41, 5.74) is 0.475. The zero-order valence-electron chi connectivity index (χ0n) is 12.7. The van der Waals surface area contributed by atoms with E-state index in [9.17, 15) is 13.6 Å². The number of nitrogens with zero attached hydrogens (tertiary/aromatic N) is 1. The third kappa shape index (κ3) is 5.79. The second-order valence-electron chi connectivity index (χ2n) is 4.53. The Hall–Kier alpha value is -1.11. The minimum atomic E-state index is -2.61. The summed E-state index contributed by atoms with van der Waals surface area (Å²) >= 11 is 0. The molecule has 0 unspecified atom stereocenters. The SMILES string of the molecule is COCCOc1ccc(-c2[c-]ccc(=O)n2CC(F)F)cc1.[Y]. The van der Waals surface area contributed by atoms with Crippen LogP contribution in [0.2, 0.25) is 0 Å². The van der Waals surface area contributed by atoms with Crippen molar-refractivity contribution in [2.45, 2.75) is 13.0 Å². The van der Waals surface area contributed by atoms with E-state index in [0.717, 1.165) is 4.57 Å². The third-order valence-corrected chi connectivity index (χ3v) is 2.99. The molecule has 121 valence electrons. The predicted molar refractivity (Wildman–Crippen MR) is 78.3 cm³/mol. The molecule has 23 heavy (non-hydrogen) atoms. The Morgan fingerprint density at radius 3 is 2.48 bits per heavy atom. The molecule has 1 aromatic carbocycles. The Kier molecular flexibility index (Phi) is 8.59. The van der Waals surface area contributed by atoms with Crippen LogP contribution in [0.3, 0.4) is 0 Å². The van der Waals surface area contributed by atoms with Crippen molar-refractivity contribution in [1.29, 1.82) is 0 Å². The molecule has 1 radical (unpaired) electrons. The van der Waals surface area contributed by atoms with Gasteiger partial charge < -0.3 is 14.0 Å². The average Bonchev–Trinajstić information content (AvgIpc) is 2.50. The van der Waals surface area contributed by atoms with Gasteiger partial charge in [-0.3, -0.25) is 4.79 Å². The summed E-state index contributed by atoms with van der Waals surface area (Å²) < 4.78 is 36.6. The van der Waals surface area contributed by atoms with Gasteiger partial charge in [-0.1, -0.05) is 17.3 Å². The van der Waals surface area contributed by atoms with E-state index in [0.29, 0.717) is 30.2 Å². The minimum absolute atomic E-state index is 0. The van der Waals surface area contributed by atoms with Gasteiger partial charge in [-0.2, -0.15) is 12.1 Å². The number of methoxy groups -OCH3 is 1. The molecule has 2 rings (SSSR count). The first kappa shape index (κ1) is 19.9. The maximum absolute atomic E-state index is 12.6. The monoisotopic (exact) mass is 397 g/mol. The molecule has 0 spiro atoms. The second-order valence-corrected chi connectivity index (χ2v) is 4.53. The number of pyridine rings is 1. The summed E-state index contributed by atoms with van der Waals surface area (Å²) in [6.45, 7) is 0.239. The normalized spacial score (nSPS) is 10.4. The number of hydrogen-bond donors (Lipinski definition) is 0. The van der Waals surface area contributed by atoms with E-state index in [1.165, 1.54) is 12.1 Å². The Morgan fingerprint density at radius 2 is 1.87 bits per heavy atom. The van der Waals surface area contributed by atoms with E-state index in [-0.39, 0.29) is 32.7 Å². The molecule has 0 aliphatic carbocycles. The van der Waals surface area contributed by atoms with Gasteiger partial charge in [-0.25, -0.2) is 8.78 Å². The van der Waals surface area contributed by atoms with E-state index in [2.05, 4.69) is 6.07 Å². The predicted octanol–water partition coefficient (Wildman–Crippen LogP) is 2.60. The third-order valence-electron chi connectivity index (χ3n) is 2.99. The number of halogens is 2. The zero-order chi connectivity index (χ0) is 15.9. The van der Waals surface area contributed by atoms with E-state index >= 15 is 0 Å². The van der Waals surface area contributed by atoms with Crippen LogP contribution in [0.1, 0.15) is 0 Å². The minimum Gasteiger partial charge on any atom is -0.491 e. The molecule has 0 saturated carbocycles. The van der Waals surface area contributed by atoms with Crippen molar-refractivity contribution < 1.29 is 51.0 Å². The van der Waals surface area contributed by atoms with Crippen molar-refractivity contribution in [3.05, 3.63) is 52.8 Å². The molecule has 0 atom stereocenters. The molecule has 4 nitrogen and oxygen atoms in total. The standard InChI is InChI=1S/C16H16F2NO3.Y/c1-21-9-10-22-13-7-5-12(6-8-13)14-3-2-4-16(20)19(14)11-15(17)18;/h2,4-8,15H,9-11H2,1H3;/q-1;. The summed E-state index contributed by atoms with van der Waals surface area (Å²) in [5.74, 6) is 0.638. The molecule has 0 fully saturated rings. The average molecular weight is 397 g/mol. The van der Waals surface area contributed by atoms with Gasteiger partial charge in [0.15, 0.2) is 5.56 Å². The van der Waals surface area contributed by atoms with Crippen molar-refractivity contribution in [3.8, 4) is 17.0 Å². The molecule has 0 saturated heterocycles. The van der Waals surface area contributed by atoms with Gasteiger partial charge in [0, 0.05) is 39.8 Å². The van der Waals surface area contributed by atoms with Gasteiger partial charge in [0.2, 0.25) is 0 Å².